The molecule has 1 heterocycles. The molecule has 0 radical (unpaired) electrons. The number of benzene rings is 1. The minimum atomic E-state index is -0.755. The summed E-state index contributed by atoms with van der Waals surface area (Å²) >= 11 is 0. The number of rotatable bonds is 10. The maximum atomic E-state index is 12.2. The van der Waals surface area contributed by atoms with Gasteiger partial charge in [0.05, 0.1) is 18.6 Å². The Morgan fingerprint density at radius 3 is 2.63 bits per heavy atom. The Morgan fingerprint density at radius 2 is 1.93 bits per heavy atom. The maximum absolute atomic E-state index is 12.2. The summed E-state index contributed by atoms with van der Waals surface area (Å²) in [5, 5.41) is 0. The molecule has 1 atom stereocenters. The molecule has 0 aromatic heterocycles. The van der Waals surface area contributed by atoms with E-state index in [1.165, 1.54) is 0 Å². The molecule has 1 unspecified atom stereocenters. The lowest BCUT2D eigenvalue weighted by atomic mass is 9.95. The van der Waals surface area contributed by atoms with Gasteiger partial charge in [-0.1, -0.05) is 30.3 Å². The normalized spacial score (nSPS) is 17.3. The zero-order chi connectivity index (χ0) is 19.5. The molecule has 1 aromatic carbocycles. The van der Waals surface area contributed by atoms with Gasteiger partial charge in [-0.15, -0.1) is 0 Å². The van der Waals surface area contributed by atoms with Crippen molar-refractivity contribution in [3.05, 3.63) is 35.9 Å². The number of carbonyl (C=O) groups is 2. The Kier molecular flexibility index (Phi) is 8.75. The minimum Gasteiger partial charge on any atom is -0.465 e. The summed E-state index contributed by atoms with van der Waals surface area (Å²) in [7, 11) is 0. The lowest BCUT2D eigenvalue weighted by Crippen LogP contribution is -2.35. The molecule has 27 heavy (non-hydrogen) atoms. The Morgan fingerprint density at radius 1 is 1.15 bits per heavy atom. The van der Waals surface area contributed by atoms with Crippen molar-refractivity contribution in [1.29, 1.82) is 0 Å². The van der Waals surface area contributed by atoms with E-state index in [0.717, 1.165) is 24.8 Å². The highest BCUT2D eigenvalue weighted by molar-refractivity contribution is 5.76. The second-order valence-electron chi connectivity index (χ2n) is 7.38. The summed E-state index contributed by atoms with van der Waals surface area (Å²) in [6.07, 6.45) is 3.41. The average molecular weight is 378 g/mol. The van der Waals surface area contributed by atoms with Gasteiger partial charge in [0.15, 0.2) is 6.29 Å². The summed E-state index contributed by atoms with van der Waals surface area (Å²) in [6, 6.07) is 9.51. The van der Waals surface area contributed by atoms with Crippen molar-refractivity contribution in [3.63, 3.8) is 0 Å². The third kappa shape index (κ3) is 8.10. The lowest BCUT2D eigenvalue weighted by Gasteiger charge is -2.28. The van der Waals surface area contributed by atoms with Crippen LogP contribution in [0.3, 0.4) is 0 Å². The smallest absolute Gasteiger partial charge is 0.313 e. The zero-order valence-electron chi connectivity index (χ0n) is 16.3. The monoisotopic (exact) mass is 378 g/mol. The summed E-state index contributed by atoms with van der Waals surface area (Å²) < 4.78 is 21.7. The third-order valence-corrected chi connectivity index (χ3v) is 4.32. The van der Waals surface area contributed by atoms with Gasteiger partial charge in [-0.2, -0.15) is 0 Å². The van der Waals surface area contributed by atoms with Crippen molar-refractivity contribution < 1.29 is 28.5 Å². The predicted molar refractivity (Wildman–Crippen MR) is 99.8 cm³/mol. The van der Waals surface area contributed by atoms with Crippen LogP contribution in [0.5, 0.6) is 0 Å². The fourth-order valence-corrected chi connectivity index (χ4v) is 2.59. The first-order valence-electron chi connectivity index (χ1n) is 9.57. The first kappa shape index (κ1) is 21.4. The van der Waals surface area contributed by atoms with Crippen LogP contribution in [0.25, 0.3) is 0 Å². The van der Waals surface area contributed by atoms with Gasteiger partial charge in [0.1, 0.15) is 6.61 Å². The topological polar surface area (TPSA) is 71.1 Å². The van der Waals surface area contributed by atoms with Crippen molar-refractivity contribution in [2.45, 2.75) is 58.8 Å². The molecule has 1 saturated heterocycles. The van der Waals surface area contributed by atoms with Gasteiger partial charge in [-0.05, 0) is 45.1 Å². The van der Waals surface area contributed by atoms with Gasteiger partial charge in [0, 0.05) is 13.0 Å². The van der Waals surface area contributed by atoms with Crippen molar-refractivity contribution in [2.75, 3.05) is 19.8 Å². The van der Waals surface area contributed by atoms with Crippen LogP contribution in [-0.2, 0) is 35.1 Å². The minimum absolute atomic E-state index is 0.183. The van der Waals surface area contributed by atoms with Crippen molar-refractivity contribution in [1.82, 2.24) is 0 Å². The fraction of sp³-hybridized carbons (Fsp3) is 0.619. The largest absolute Gasteiger partial charge is 0.465 e. The molecular formula is C21H30O6. The fourth-order valence-electron chi connectivity index (χ4n) is 2.59. The number of hydrogen-bond donors (Lipinski definition) is 0. The van der Waals surface area contributed by atoms with E-state index in [1.54, 1.807) is 13.8 Å². The maximum Gasteiger partial charge on any atom is 0.313 e. The van der Waals surface area contributed by atoms with E-state index in [1.807, 2.05) is 30.3 Å². The number of carbonyl (C=O) groups excluding carboxylic acids is 2. The molecule has 0 saturated carbocycles. The van der Waals surface area contributed by atoms with E-state index < -0.39 is 5.41 Å². The Hall–Kier alpha value is -1.92. The van der Waals surface area contributed by atoms with E-state index in [4.69, 9.17) is 18.9 Å². The van der Waals surface area contributed by atoms with Gasteiger partial charge in [0.2, 0.25) is 0 Å². The molecule has 1 aromatic rings. The van der Waals surface area contributed by atoms with E-state index in [2.05, 4.69) is 0 Å². The Labute approximate surface area is 161 Å². The van der Waals surface area contributed by atoms with Gasteiger partial charge in [0.25, 0.3) is 0 Å². The molecule has 150 valence electrons. The van der Waals surface area contributed by atoms with Crippen LogP contribution in [0, 0.1) is 5.41 Å². The first-order valence-corrected chi connectivity index (χ1v) is 9.57. The van der Waals surface area contributed by atoms with Crippen molar-refractivity contribution in [3.8, 4) is 0 Å². The van der Waals surface area contributed by atoms with Gasteiger partial charge in [-0.3, -0.25) is 9.59 Å². The molecule has 0 N–H and O–H groups in total. The molecule has 0 aliphatic carbocycles. The number of hydrogen-bond acceptors (Lipinski definition) is 6. The predicted octanol–water partition coefficient (Wildman–Crippen LogP) is 3.62. The van der Waals surface area contributed by atoms with Crippen LogP contribution in [-0.4, -0.2) is 38.0 Å². The number of esters is 2. The second kappa shape index (κ2) is 11.0. The van der Waals surface area contributed by atoms with Crippen LogP contribution in [0.1, 0.15) is 51.5 Å². The van der Waals surface area contributed by atoms with E-state index >= 15 is 0 Å². The molecule has 1 aliphatic heterocycles. The molecule has 0 spiro atoms. The lowest BCUT2D eigenvalue weighted by molar-refractivity contribution is -0.187. The standard InChI is InChI=1S/C21H30O6/c1-21(2,16-27-19-12-6-7-13-24-19)20(23)25-14-8-11-18(22)26-15-17-9-4-3-5-10-17/h3-5,9-10,19H,6-8,11-16H2,1-2H3. The zero-order valence-corrected chi connectivity index (χ0v) is 16.3. The van der Waals surface area contributed by atoms with E-state index in [0.29, 0.717) is 13.0 Å². The second-order valence-corrected chi connectivity index (χ2v) is 7.38. The highest BCUT2D eigenvalue weighted by Gasteiger charge is 2.31. The summed E-state index contributed by atoms with van der Waals surface area (Å²) in [6.45, 7) is 4.96. The SMILES string of the molecule is CC(C)(COC1CCCCO1)C(=O)OCCCC(=O)OCc1ccccc1. The summed E-state index contributed by atoms with van der Waals surface area (Å²) in [5.41, 5.74) is 0.190. The molecular weight excluding hydrogens is 348 g/mol. The third-order valence-electron chi connectivity index (χ3n) is 4.32. The highest BCUT2D eigenvalue weighted by Crippen LogP contribution is 2.22. The molecule has 6 heteroatoms. The van der Waals surface area contributed by atoms with E-state index in [-0.39, 0.29) is 44.5 Å². The molecule has 2 rings (SSSR count). The molecule has 0 bridgehead atoms. The molecule has 1 fully saturated rings. The van der Waals surface area contributed by atoms with Crippen molar-refractivity contribution >= 4 is 11.9 Å². The Balaban J connectivity index is 1.57. The van der Waals surface area contributed by atoms with Gasteiger partial charge in [-0.25, -0.2) is 0 Å². The summed E-state index contributed by atoms with van der Waals surface area (Å²) in [4.78, 5) is 24.0. The Bertz CT molecular complexity index is 578. The van der Waals surface area contributed by atoms with Gasteiger partial charge >= 0.3 is 11.9 Å². The number of ether oxygens (including phenoxy) is 4. The average Bonchev–Trinajstić information content (AvgIpc) is 2.69. The summed E-state index contributed by atoms with van der Waals surface area (Å²) in [5.74, 6) is -0.636. The van der Waals surface area contributed by atoms with Crippen LogP contribution >= 0.6 is 0 Å². The van der Waals surface area contributed by atoms with Gasteiger partial charge < -0.3 is 18.9 Å². The van der Waals surface area contributed by atoms with Crippen LogP contribution in [0.15, 0.2) is 30.3 Å². The molecule has 6 nitrogen and oxygen atoms in total. The molecule has 0 amide bonds. The van der Waals surface area contributed by atoms with Crippen LogP contribution < -0.4 is 0 Å². The van der Waals surface area contributed by atoms with Crippen LogP contribution in [0.2, 0.25) is 0 Å². The van der Waals surface area contributed by atoms with Crippen molar-refractivity contribution in [2.24, 2.45) is 5.41 Å². The first-order chi connectivity index (χ1) is 13.0. The quantitative estimate of drug-likeness (QED) is 0.457. The van der Waals surface area contributed by atoms with E-state index in [9.17, 15) is 9.59 Å². The molecule has 1 aliphatic rings. The van der Waals surface area contributed by atoms with Crippen LogP contribution in [0.4, 0.5) is 0 Å². The highest BCUT2D eigenvalue weighted by atomic mass is 16.7.